The molecule has 4 N–H and O–H groups in total. The SMILES string of the molecule is NC12CCC(CCc3c(F)cnc4ccc(O[C@@H]5COC[C@H]5NC(=O)O)nc34)(CC1)OC2. The molecule has 0 radical (unpaired) electrons. The number of fused-ring (bicyclic) bond motifs is 4. The first-order valence-electron chi connectivity index (χ1n) is 11.0. The first-order chi connectivity index (χ1) is 15.3. The first-order valence-corrected chi connectivity index (χ1v) is 11.0. The molecule has 0 spiro atoms. The smallest absolute Gasteiger partial charge is 0.405 e. The number of ether oxygens (including phenoxy) is 3. The molecule has 9 nitrogen and oxygen atoms in total. The van der Waals surface area contributed by atoms with Crippen LogP contribution >= 0.6 is 0 Å². The number of aromatic nitrogens is 2. The fraction of sp³-hybridized carbons (Fsp3) is 0.591. The van der Waals surface area contributed by atoms with Crippen molar-refractivity contribution >= 4 is 17.1 Å². The lowest BCUT2D eigenvalue weighted by atomic mass is 9.70. The van der Waals surface area contributed by atoms with Crippen LogP contribution in [0.1, 0.15) is 37.7 Å². The molecule has 0 unspecified atom stereocenters. The summed E-state index contributed by atoms with van der Waals surface area (Å²) in [6.07, 6.45) is 4.34. The van der Waals surface area contributed by atoms with Gasteiger partial charge >= 0.3 is 6.09 Å². The summed E-state index contributed by atoms with van der Waals surface area (Å²) in [5, 5.41) is 11.4. The Morgan fingerprint density at radius 3 is 2.84 bits per heavy atom. The molecule has 4 fully saturated rings. The zero-order valence-corrected chi connectivity index (χ0v) is 17.7. The highest BCUT2D eigenvalue weighted by Gasteiger charge is 2.47. The first kappa shape index (κ1) is 21.3. The summed E-state index contributed by atoms with van der Waals surface area (Å²) in [4.78, 5) is 19.7. The molecular formula is C22H27FN4O5. The molecule has 1 amide bonds. The fourth-order valence-corrected chi connectivity index (χ4v) is 4.94. The van der Waals surface area contributed by atoms with Crippen molar-refractivity contribution in [3.8, 4) is 5.88 Å². The summed E-state index contributed by atoms with van der Waals surface area (Å²) in [5.41, 5.74) is 7.36. The van der Waals surface area contributed by atoms with Crippen molar-refractivity contribution in [2.24, 2.45) is 5.73 Å². The van der Waals surface area contributed by atoms with Gasteiger partial charge in [0, 0.05) is 17.2 Å². The van der Waals surface area contributed by atoms with E-state index in [1.54, 1.807) is 12.1 Å². The number of nitrogens with one attached hydrogen (secondary N) is 1. The van der Waals surface area contributed by atoms with Gasteiger partial charge in [0.1, 0.15) is 11.9 Å². The van der Waals surface area contributed by atoms with E-state index in [0.717, 1.165) is 25.7 Å². The third-order valence-electron chi connectivity index (χ3n) is 7.00. The van der Waals surface area contributed by atoms with Gasteiger partial charge in [-0.15, -0.1) is 0 Å². The van der Waals surface area contributed by atoms with Crippen LogP contribution in [0.5, 0.6) is 5.88 Å². The summed E-state index contributed by atoms with van der Waals surface area (Å²) in [6, 6.07) is 2.88. The highest BCUT2D eigenvalue weighted by molar-refractivity contribution is 5.78. The predicted octanol–water partition coefficient (Wildman–Crippen LogP) is 2.16. The van der Waals surface area contributed by atoms with Crippen molar-refractivity contribution in [1.29, 1.82) is 0 Å². The summed E-state index contributed by atoms with van der Waals surface area (Å²) >= 11 is 0. The number of pyridine rings is 2. The van der Waals surface area contributed by atoms with Crippen molar-refractivity contribution in [3.05, 3.63) is 29.7 Å². The number of nitrogens with zero attached hydrogens (tertiary/aromatic N) is 2. The van der Waals surface area contributed by atoms with Gasteiger partial charge in [0.15, 0.2) is 0 Å². The van der Waals surface area contributed by atoms with Gasteiger partial charge in [-0.05, 0) is 44.6 Å². The van der Waals surface area contributed by atoms with E-state index in [-0.39, 0.29) is 30.2 Å². The number of amides is 1. The lowest BCUT2D eigenvalue weighted by molar-refractivity contribution is -0.156. The second-order valence-corrected chi connectivity index (χ2v) is 9.19. The number of carboxylic acid groups (broad SMARTS) is 1. The summed E-state index contributed by atoms with van der Waals surface area (Å²) in [6.45, 7) is 1.01. The van der Waals surface area contributed by atoms with E-state index < -0.39 is 24.1 Å². The van der Waals surface area contributed by atoms with Crippen LogP contribution < -0.4 is 15.8 Å². The zero-order chi connectivity index (χ0) is 22.3. The normalized spacial score (nSPS) is 31.7. The van der Waals surface area contributed by atoms with Gasteiger partial charge in [-0.3, -0.25) is 4.98 Å². The van der Waals surface area contributed by atoms with Crippen molar-refractivity contribution in [3.63, 3.8) is 0 Å². The molecule has 1 aliphatic carbocycles. The highest BCUT2D eigenvalue weighted by atomic mass is 19.1. The van der Waals surface area contributed by atoms with E-state index in [1.165, 1.54) is 6.20 Å². The predicted molar refractivity (Wildman–Crippen MR) is 112 cm³/mol. The average Bonchev–Trinajstić information content (AvgIpc) is 3.20. The molecule has 3 aliphatic heterocycles. The standard InChI is InChI=1S/C22H27FN4O5/c23-14-9-25-15-1-2-18(32-17-11-30-10-16(17)26-20(28)29)27-19(15)13(14)3-4-22-7-5-21(24,6-8-22)12-31-22/h1-2,9,16-17,26H,3-8,10-12,24H2,(H,28,29)/t16-,17-,21?,22?/m1/s1. The number of nitrogens with two attached hydrogens (primary N) is 1. The third-order valence-corrected chi connectivity index (χ3v) is 7.00. The molecule has 5 heterocycles. The minimum atomic E-state index is -1.15. The zero-order valence-electron chi connectivity index (χ0n) is 17.7. The minimum absolute atomic E-state index is 0.207. The van der Waals surface area contributed by atoms with Crippen molar-refractivity contribution in [2.75, 3.05) is 19.8 Å². The average molecular weight is 446 g/mol. The number of hydrogen-bond donors (Lipinski definition) is 3. The van der Waals surface area contributed by atoms with Gasteiger partial charge < -0.3 is 30.4 Å². The Labute approximate surface area is 184 Å². The van der Waals surface area contributed by atoms with Crippen molar-refractivity contribution in [1.82, 2.24) is 15.3 Å². The Morgan fingerprint density at radius 1 is 1.31 bits per heavy atom. The van der Waals surface area contributed by atoms with Crippen molar-refractivity contribution in [2.45, 2.75) is 61.8 Å². The van der Waals surface area contributed by atoms with Gasteiger partial charge in [0.05, 0.1) is 48.7 Å². The van der Waals surface area contributed by atoms with Crippen LogP contribution in [0, 0.1) is 5.82 Å². The van der Waals surface area contributed by atoms with Gasteiger partial charge in [-0.25, -0.2) is 14.2 Å². The number of rotatable bonds is 6. The Hall–Kier alpha value is -2.56. The van der Waals surface area contributed by atoms with E-state index in [2.05, 4.69) is 15.3 Å². The van der Waals surface area contributed by atoms with Crippen molar-refractivity contribution < 1.29 is 28.5 Å². The van der Waals surface area contributed by atoms with Crippen LogP contribution in [-0.4, -0.2) is 64.3 Å². The molecule has 3 saturated heterocycles. The quantitative estimate of drug-likeness (QED) is 0.616. The molecule has 2 atom stereocenters. The van der Waals surface area contributed by atoms with E-state index in [4.69, 9.17) is 25.1 Å². The van der Waals surface area contributed by atoms with Crippen LogP contribution in [0.25, 0.3) is 11.0 Å². The Balaban J connectivity index is 1.36. The maximum Gasteiger partial charge on any atom is 0.405 e. The molecular weight excluding hydrogens is 419 g/mol. The molecule has 2 aromatic heterocycles. The number of hydrogen-bond acceptors (Lipinski definition) is 7. The van der Waals surface area contributed by atoms with E-state index in [1.807, 2.05) is 0 Å². The van der Waals surface area contributed by atoms with E-state index in [9.17, 15) is 9.18 Å². The van der Waals surface area contributed by atoms with Gasteiger partial charge in [-0.1, -0.05) is 0 Å². The maximum atomic E-state index is 14.8. The van der Waals surface area contributed by atoms with Gasteiger partial charge in [0.25, 0.3) is 0 Å². The van der Waals surface area contributed by atoms with Crippen LogP contribution in [0.15, 0.2) is 18.3 Å². The van der Waals surface area contributed by atoms with E-state index >= 15 is 0 Å². The van der Waals surface area contributed by atoms with Crippen LogP contribution in [0.4, 0.5) is 9.18 Å². The van der Waals surface area contributed by atoms with Gasteiger partial charge in [0.2, 0.25) is 5.88 Å². The van der Waals surface area contributed by atoms with E-state index in [0.29, 0.717) is 36.0 Å². The number of halogens is 1. The molecule has 2 bridgehead atoms. The summed E-state index contributed by atoms with van der Waals surface area (Å²) in [7, 11) is 0. The highest BCUT2D eigenvalue weighted by Crippen LogP contribution is 2.45. The van der Waals surface area contributed by atoms with Gasteiger partial charge in [-0.2, -0.15) is 0 Å². The summed E-state index contributed by atoms with van der Waals surface area (Å²) < 4.78 is 32.2. The number of aryl methyl sites for hydroxylation is 1. The van der Waals surface area contributed by atoms with Crippen LogP contribution in [0.2, 0.25) is 0 Å². The summed E-state index contributed by atoms with van der Waals surface area (Å²) in [5.74, 6) is -0.135. The van der Waals surface area contributed by atoms with Crippen LogP contribution in [-0.2, 0) is 15.9 Å². The molecule has 32 heavy (non-hydrogen) atoms. The second kappa shape index (κ2) is 8.09. The second-order valence-electron chi connectivity index (χ2n) is 9.19. The monoisotopic (exact) mass is 446 g/mol. The Bertz CT molecular complexity index is 1010. The Morgan fingerprint density at radius 2 is 2.12 bits per heavy atom. The maximum absolute atomic E-state index is 14.8. The molecule has 0 aromatic carbocycles. The molecule has 4 aliphatic rings. The largest absolute Gasteiger partial charge is 0.470 e. The Kier molecular flexibility index (Phi) is 5.39. The number of carbonyl (C=O) groups is 1. The fourth-order valence-electron chi connectivity index (χ4n) is 4.94. The molecule has 10 heteroatoms. The lowest BCUT2D eigenvalue weighted by Crippen LogP contribution is -2.59. The topological polar surface area (TPSA) is 129 Å². The molecule has 1 saturated carbocycles. The minimum Gasteiger partial charge on any atom is -0.470 e. The van der Waals surface area contributed by atoms with Crippen LogP contribution in [0.3, 0.4) is 0 Å². The third kappa shape index (κ3) is 4.10. The molecule has 172 valence electrons. The molecule has 6 rings (SSSR count). The molecule has 2 aromatic rings. The lowest BCUT2D eigenvalue weighted by Gasteiger charge is -2.51.